The van der Waals surface area contributed by atoms with Crippen LogP contribution in [0.25, 0.3) is 16.6 Å². The Morgan fingerprint density at radius 2 is 1.77 bits per heavy atom. The quantitative estimate of drug-likeness (QED) is 0.294. The van der Waals surface area contributed by atoms with Gasteiger partial charge in [-0.2, -0.15) is 18.4 Å². The summed E-state index contributed by atoms with van der Waals surface area (Å²) in [6.07, 6.45) is -6.35. The van der Waals surface area contributed by atoms with Crippen LogP contribution in [0, 0.1) is 11.3 Å². The number of hydrogen-bond acceptors (Lipinski definition) is 8. The van der Waals surface area contributed by atoms with Gasteiger partial charge >= 0.3 is 24.2 Å². The van der Waals surface area contributed by atoms with Crippen molar-refractivity contribution in [2.45, 2.75) is 63.3 Å². The zero-order valence-electron chi connectivity index (χ0n) is 23.5. The van der Waals surface area contributed by atoms with E-state index < -0.39 is 60.7 Å². The van der Waals surface area contributed by atoms with E-state index in [-0.39, 0.29) is 18.6 Å². The number of morpholine rings is 1. The maximum atomic E-state index is 13.6. The maximum Gasteiger partial charge on any atom is 0.491 e. The summed E-state index contributed by atoms with van der Waals surface area (Å²) >= 11 is 0. The number of amides is 1. The second kappa shape index (κ2) is 10.9. The minimum Gasteiger partial charge on any atom is -0.458 e. The molecule has 3 unspecified atom stereocenters. The van der Waals surface area contributed by atoms with Crippen molar-refractivity contribution < 1.29 is 46.5 Å². The van der Waals surface area contributed by atoms with Crippen LogP contribution in [0.5, 0.6) is 0 Å². The second-order valence-corrected chi connectivity index (χ2v) is 11.4. The number of esters is 2. The van der Waals surface area contributed by atoms with Crippen LogP contribution in [0.2, 0.25) is 0 Å². The van der Waals surface area contributed by atoms with Gasteiger partial charge < -0.3 is 23.5 Å². The van der Waals surface area contributed by atoms with Crippen LogP contribution in [0.1, 0.15) is 49.5 Å². The average Bonchev–Trinajstić information content (AvgIpc) is 3.30. The van der Waals surface area contributed by atoms with Gasteiger partial charge in [0.25, 0.3) is 0 Å². The Morgan fingerprint density at radius 1 is 1.07 bits per heavy atom. The number of carbonyl (C=O) groups is 3. The van der Waals surface area contributed by atoms with Crippen molar-refractivity contribution in [1.82, 2.24) is 9.47 Å². The van der Waals surface area contributed by atoms with Crippen LogP contribution in [-0.2, 0) is 23.7 Å². The number of nitriles is 1. The topological polar surface area (TPSA) is 120 Å². The van der Waals surface area contributed by atoms with Crippen molar-refractivity contribution >= 4 is 28.9 Å². The van der Waals surface area contributed by atoms with E-state index in [0.717, 1.165) is 4.90 Å². The van der Waals surface area contributed by atoms with E-state index in [1.807, 2.05) is 0 Å². The fourth-order valence-corrected chi connectivity index (χ4v) is 5.51. The SMILES string of the molecule is CC(C)(C)OC(=O)N1C2COCC1(OC(=O)C(F)(F)F)CC(OC(=O)c1cn(-c3ccccc3C#N)c3ccccc13)C2. The van der Waals surface area contributed by atoms with E-state index in [1.54, 1.807) is 73.9 Å². The molecule has 13 heteroatoms. The Kier molecular flexibility index (Phi) is 7.60. The number of para-hydroxylation sites is 2. The zero-order chi connectivity index (χ0) is 31.2. The molecule has 10 nitrogen and oxygen atoms in total. The lowest BCUT2D eigenvalue weighted by molar-refractivity contribution is -0.273. The Labute approximate surface area is 244 Å². The van der Waals surface area contributed by atoms with Gasteiger partial charge in [0.05, 0.1) is 35.0 Å². The smallest absolute Gasteiger partial charge is 0.458 e. The molecule has 0 radical (unpaired) electrons. The molecule has 2 bridgehead atoms. The van der Waals surface area contributed by atoms with Crippen LogP contribution in [-0.4, -0.2) is 70.4 Å². The Bertz CT molecular complexity index is 1620. The first-order chi connectivity index (χ1) is 20.2. The zero-order valence-corrected chi connectivity index (χ0v) is 23.5. The number of ether oxygens (including phenoxy) is 4. The van der Waals surface area contributed by atoms with Crippen LogP contribution in [0.3, 0.4) is 0 Å². The molecule has 226 valence electrons. The highest BCUT2D eigenvalue weighted by atomic mass is 19.4. The summed E-state index contributed by atoms with van der Waals surface area (Å²) in [5.41, 5.74) is -1.54. The molecule has 0 spiro atoms. The molecular formula is C30H28F3N3O7. The lowest BCUT2D eigenvalue weighted by atomic mass is 9.89. The third kappa shape index (κ3) is 5.87. The Hall–Kier alpha value is -4.57. The molecular weight excluding hydrogens is 571 g/mol. The van der Waals surface area contributed by atoms with Crippen molar-refractivity contribution in [2.24, 2.45) is 0 Å². The number of alkyl halides is 3. The Balaban J connectivity index is 1.48. The summed E-state index contributed by atoms with van der Waals surface area (Å²) in [4.78, 5) is 39.8. The first-order valence-corrected chi connectivity index (χ1v) is 13.4. The predicted octanol–water partition coefficient (Wildman–Crippen LogP) is 5.26. The normalized spacial score (nSPS) is 22.0. The molecule has 0 N–H and O–H groups in total. The molecule has 2 fully saturated rings. The fourth-order valence-electron chi connectivity index (χ4n) is 5.51. The number of aromatic nitrogens is 1. The summed E-state index contributed by atoms with van der Waals surface area (Å²) in [5.74, 6) is -3.30. The highest BCUT2D eigenvalue weighted by molar-refractivity contribution is 6.05. The van der Waals surface area contributed by atoms with E-state index in [2.05, 4.69) is 6.07 Å². The Morgan fingerprint density at radius 3 is 2.47 bits per heavy atom. The maximum absolute atomic E-state index is 13.6. The van der Waals surface area contributed by atoms with E-state index in [4.69, 9.17) is 18.9 Å². The molecule has 3 heterocycles. The molecule has 0 saturated carbocycles. The van der Waals surface area contributed by atoms with Crippen LogP contribution >= 0.6 is 0 Å². The average molecular weight is 600 g/mol. The van der Waals surface area contributed by atoms with E-state index in [1.165, 1.54) is 6.20 Å². The number of nitrogens with zero attached hydrogens (tertiary/aromatic N) is 3. The minimum absolute atomic E-state index is 0.00773. The van der Waals surface area contributed by atoms with Gasteiger partial charge in [-0.1, -0.05) is 30.3 Å². The number of hydrogen-bond donors (Lipinski definition) is 0. The van der Waals surface area contributed by atoms with Gasteiger partial charge in [-0.3, -0.25) is 4.90 Å². The van der Waals surface area contributed by atoms with Gasteiger partial charge in [0.2, 0.25) is 5.72 Å². The highest BCUT2D eigenvalue weighted by Gasteiger charge is 2.59. The molecule has 2 aromatic carbocycles. The van der Waals surface area contributed by atoms with Crippen molar-refractivity contribution in [3.8, 4) is 11.8 Å². The summed E-state index contributed by atoms with van der Waals surface area (Å²) in [6.45, 7) is 4.08. The van der Waals surface area contributed by atoms with Gasteiger partial charge in [-0.25, -0.2) is 14.4 Å². The monoisotopic (exact) mass is 599 g/mol. The molecule has 1 amide bonds. The molecule has 43 heavy (non-hydrogen) atoms. The molecule has 3 aromatic rings. The number of carbonyl (C=O) groups excluding carboxylic acids is 3. The van der Waals surface area contributed by atoms with Crippen molar-refractivity contribution in [3.05, 3.63) is 65.9 Å². The highest BCUT2D eigenvalue weighted by Crippen LogP contribution is 2.41. The third-order valence-corrected chi connectivity index (χ3v) is 7.12. The van der Waals surface area contributed by atoms with Crippen molar-refractivity contribution in [3.63, 3.8) is 0 Å². The summed E-state index contributed by atoms with van der Waals surface area (Å²) < 4.78 is 63.4. The van der Waals surface area contributed by atoms with Gasteiger partial charge in [-0.15, -0.1) is 0 Å². The first-order valence-electron chi connectivity index (χ1n) is 13.4. The molecule has 5 rings (SSSR count). The number of halogens is 3. The minimum atomic E-state index is -5.35. The summed E-state index contributed by atoms with van der Waals surface area (Å²) in [5, 5.41) is 10.1. The van der Waals surface area contributed by atoms with Gasteiger partial charge in [0.1, 0.15) is 24.4 Å². The van der Waals surface area contributed by atoms with Gasteiger partial charge in [0.15, 0.2) is 0 Å². The number of fused-ring (bicyclic) bond motifs is 3. The van der Waals surface area contributed by atoms with Crippen LogP contribution in [0.15, 0.2) is 54.7 Å². The molecule has 2 aliphatic heterocycles. The first kappa shape index (κ1) is 29.9. The van der Waals surface area contributed by atoms with E-state index in [9.17, 15) is 32.8 Å². The second-order valence-electron chi connectivity index (χ2n) is 11.4. The summed E-state index contributed by atoms with van der Waals surface area (Å²) in [7, 11) is 0. The molecule has 3 atom stereocenters. The molecule has 1 aromatic heterocycles. The van der Waals surface area contributed by atoms with Gasteiger partial charge in [-0.05, 0) is 39.0 Å². The van der Waals surface area contributed by atoms with Gasteiger partial charge in [0, 0.05) is 24.4 Å². The standard InChI is InChI=1S/C30H28F3N3O7/c1-28(2,3)43-27(39)36-19-12-20(13-29(36,17-40-16-19)42-26(38)30(31,32)33)41-25(37)22-15-35(24-11-7-5-9-21(22)24)23-10-6-4-8-18(23)14-34/h4-11,15,19-20H,12-13,16-17H2,1-3H3. The van der Waals surface area contributed by atoms with E-state index >= 15 is 0 Å². The predicted molar refractivity (Wildman–Crippen MR) is 144 cm³/mol. The van der Waals surface area contributed by atoms with Crippen molar-refractivity contribution in [2.75, 3.05) is 13.2 Å². The molecule has 2 aliphatic rings. The largest absolute Gasteiger partial charge is 0.491 e. The number of piperidine rings is 1. The molecule has 2 saturated heterocycles. The lowest BCUT2D eigenvalue weighted by Crippen LogP contribution is -2.70. The fraction of sp³-hybridized carbons (Fsp3) is 0.400. The number of rotatable bonds is 4. The van der Waals surface area contributed by atoms with E-state index in [0.29, 0.717) is 22.2 Å². The van der Waals surface area contributed by atoms with Crippen LogP contribution < -0.4 is 0 Å². The molecule has 0 aliphatic carbocycles. The number of benzene rings is 2. The summed E-state index contributed by atoms with van der Waals surface area (Å²) in [6, 6.07) is 15.0. The third-order valence-electron chi connectivity index (χ3n) is 7.12. The van der Waals surface area contributed by atoms with Crippen molar-refractivity contribution in [1.29, 1.82) is 5.26 Å². The lowest BCUT2D eigenvalue weighted by Gasteiger charge is -2.54. The van der Waals surface area contributed by atoms with Crippen LogP contribution in [0.4, 0.5) is 18.0 Å².